The van der Waals surface area contributed by atoms with E-state index in [1.165, 1.54) is 16.3 Å². The van der Waals surface area contributed by atoms with Crippen LogP contribution in [0.2, 0.25) is 0 Å². The van der Waals surface area contributed by atoms with E-state index in [0.717, 1.165) is 18.4 Å². The Hall–Kier alpha value is -1.63. The van der Waals surface area contributed by atoms with Crippen LogP contribution in [0.4, 0.5) is 0 Å². The van der Waals surface area contributed by atoms with E-state index in [2.05, 4.69) is 18.2 Å². The van der Waals surface area contributed by atoms with Crippen molar-refractivity contribution in [2.45, 2.75) is 19.3 Å². The van der Waals surface area contributed by atoms with Gasteiger partial charge in [-0.3, -0.25) is 4.79 Å². The molecule has 0 saturated heterocycles. The van der Waals surface area contributed by atoms with Crippen LogP contribution >= 0.6 is 0 Å². The molecule has 15 heavy (non-hydrogen) atoms. The van der Waals surface area contributed by atoms with E-state index in [1.54, 1.807) is 0 Å². The molecule has 0 amide bonds. The highest BCUT2D eigenvalue weighted by Crippen LogP contribution is 2.28. The highest BCUT2D eigenvalue weighted by Gasteiger charge is 2.18. The number of hydrogen-bond acceptors (Lipinski definition) is 1. The fourth-order valence-corrected chi connectivity index (χ4v) is 2.43. The average molecular weight is 196 g/mol. The first kappa shape index (κ1) is 8.66. The average Bonchev–Trinajstić information content (AvgIpc) is 2.29. The third-order valence-corrected chi connectivity index (χ3v) is 3.17. The molecular formula is C14H12O. The van der Waals surface area contributed by atoms with E-state index in [0.29, 0.717) is 12.2 Å². The summed E-state index contributed by atoms with van der Waals surface area (Å²) in [7, 11) is 0. The van der Waals surface area contributed by atoms with Crippen LogP contribution in [-0.4, -0.2) is 5.78 Å². The van der Waals surface area contributed by atoms with Gasteiger partial charge in [-0.2, -0.15) is 0 Å². The second-order valence-electron chi connectivity index (χ2n) is 4.09. The van der Waals surface area contributed by atoms with Crippen molar-refractivity contribution in [2.24, 2.45) is 0 Å². The molecular weight excluding hydrogens is 184 g/mol. The lowest BCUT2D eigenvalue weighted by Gasteiger charge is -2.16. The molecule has 0 bridgehead atoms. The van der Waals surface area contributed by atoms with Crippen LogP contribution in [0.1, 0.15) is 28.8 Å². The zero-order valence-corrected chi connectivity index (χ0v) is 8.49. The number of carbonyl (C=O) groups is 1. The Bertz CT molecular complexity index is 540. The topological polar surface area (TPSA) is 17.1 Å². The van der Waals surface area contributed by atoms with Crippen LogP contribution in [0, 0.1) is 0 Å². The minimum atomic E-state index is 0.307. The van der Waals surface area contributed by atoms with Gasteiger partial charge in [0.1, 0.15) is 0 Å². The molecule has 1 heteroatoms. The minimum Gasteiger partial charge on any atom is -0.294 e. The van der Waals surface area contributed by atoms with E-state index < -0.39 is 0 Å². The Labute approximate surface area is 88.7 Å². The molecule has 0 saturated carbocycles. The highest BCUT2D eigenvalue weighted by molar-refractivity contribution is 6.03. The van der Waals surface area contributed by atoms with Crippen molar-refractivity contribution in [1.29, 1.82) is 0 Å². The summed E-state index contributed by atoms with van der Waals surface area (Å²) in [5.41, 5.74) is 2.20. The summed E-state index contributed by atoms with van der Waals surface area (Å²) in [4.78, 5) is 11.7. The van der Waals surface area contributed by atoms with Crippen LogP contribution in [-0.2, 0) is 6.42 Å². The van der Waals surface area contributed by atoms with Gasteiger partial charge in [0.2, 0.25) is 0 Å². The molecule has 0 N–H and O–H groups in total. The molecule has 2 aromatic carbocycles. The van der Waals surface area contributed by atoms with Crippen LogP contribution in [0.5, 0.6) is 0 Å². The smallest absolute Gasteiger partial charge is 0.163 e. The first-order chi connectivity index (χ1) is 7.36. The maximum atomic E-state index is 11.7. The van der Waals surface area contributed by atoms with Crippen molar-refractivity contribution in [3.63, 3.8) is 0 Å². The van der Waals surface area contributed by atoms with Crippen LogP contribution in [0.25, 0.3) is 10.8 Å². The molecule has 0 fully saturated rings. The maximum Gasteiger partial charge on any atom is 0.163 e. The number of benzene rings is 2. The number of aryl methyl sites for hydroxylation is 1. The molecule has 2 aromatic rings. The fraction of sp³-hybridized carbons (Fsp3) is 0.214. The second kappa shape index (κ2) is 3.20. The first-order valence-corrected chi connectivity index (χ1v) is 5.40. The molecule has 1 nitrogen and oxygen atoms in total. The molecule has 0 aromatic heterocycles. The zero-order valence-electron chi connectivity index (χ0n) is 8.49. The van der Waals surface area contributed by atoms with Gasteiger partial charge in [0.15, 0.2) is 5.78 Å². The van der Waals surface area contributed by atoms with E-state index in [4.69, 9.17) is 0 Å². The number of rotatable bonds is 0. The van der Waals surface area contributed by atoms with Crippen molar-refractivity contribution in [2.75, 3.05) is 0 Å². The van der Waals surface area contributed by atoms with Crippen molar-refractivity contribution in [3.8, 4) is 0 Å². The summed E-state index contributed by atoms with van der Waals surface area (Å²) in [6.07, 6.45) is 2.76. The molecule has 0 heterocycles. The first-order valence-electron chi connectivity index (χ1n) is 5.40. The molecule has 74 valence electrons. The summed E-state index contributed by atoms with van der Waals surface area (Å²) in [6, 6.07) is 12.3. The van der Waals surface area contributed by atoms with Gasteiger partial charge in [0.25, 0.3) is 0 Å². The Balaban J connectivity index is 2.38. The summed E-state index contributed by atoms with van der Waals surface area (Å²) in [5.74, 6) is 0.307. The third kappa shape index (κ3) is 1.27. The van der Waals surface area contributed by atoms with Crippen LogP contribution in [0.3, 0.4) is 0 Å². The van der Waals surface area contributed by atoms with Gasteiger partial charge in [0, 0.05) is 12.0 Å². The van der Waals surface area contributed by atoms with Crippen molar-refractivity contribution in [3.05, 3.63) is 47.5 Å². The van der Waals surface area contributed by atoms with Gasteiger partial charge in [0.05, 0.1) is 0 Å². The number of hydrogen-bond donors (Lipinski definition) is 0. The number of ketones is 1. The van der Waals surface area contributed by atoms with E-state index in [-0.39, 0.29) is 0 Å². The molecule has 0 spiro atoms. The fourth-order valence-electron chi connectivity index (χ4n) is 2.43. The predicted molar refractivity (Wildman–Crippen MR) is 61.2 cm³/mol. The van der Waals surface area contributed by atoms with Crippen LogP contribution < -0.4 is 0 Å². The van der Waals surface area contributed by atoms with E-state index in [1.807, 2.05) is 18.2 Å². The standard InChI is InChI=1S/C14H12O/c15-14-7-3-6-12-11-5-2-1-4-10(11)8-9-13(12)14/h1-2,4-5,8-9H,3,6-7H2. The van der Waals surface area contributed by atoms with E-state index in [9.17, 15) is 4.79 Å². The van der Waals surface area contributed by atoms with Crippen LogP contribution in [0.15, 0.2) is 36.4 Å². The molecule has 0 radical (unpaired) electrons. The summed E-state index contributed by atoms with van der Waals surface area (Å²) < 4.78 is 0. The van der Waals surface area contributed by atoms with Gasteiger partial charge in [-0.05, 0) is 29.2 Å². The Morgan fingerprint density at radius 2 is 1.80 bits per heavy atom. The lowest BCUT2D eigenvalue weighted by molar-refractivity contribution is 0.0973. The quantitative estimate of drug-likeness (QED) is 0.631. The third-order valence-electron chi connectivity index (χ3n) is 3.17. The molecule has 0 aliphatic heterocycles. The molecule has 3 rings (SSSR count). The van der Waals surface area contributed by atoms with Gasteiger partial charge in [-0.15, -0.1) is 0 Å². The minimum absolute atomic E-state index is 0.307. The summed E-state index contributed by atoms with van der Waals surface area (Å²) in [6.45, 7) is 0. The Kier molecular flexibility index (Phi) is 1.84. The van der Waals surface area contributed by atoms with E-state index >= 15 is 0 Å². The van der Waals surface area contributed by atoms with Gasteiger partial charge in [-0.1, -0.05) is 36.4 Å². The SMILES string of the molecule is O=C1CCCc2c1ccc1ccccc21. The highest BCUT2D eigenvalue weighted by atomic mass is 16.1. The number of Topliss-reactive ketones (excluding diaryl/α,β-unsaturated/α-hetero) is 1. The zero-order chi connectivity index (χ0) is 10.3. The molecule has 1 aliphatic carbocycles. The predicted octanol–water partition coefficient (Wildman–Crippen LogP) is 3.36. The lowest BCUT2D eigenvalue weighted by atomic mass is 9.87. The van der Waals surface area contributed by atoms with Gasteiger partial charge < -0.3 is 0 Å². The van der Waals surface area contributed by atoms with Gasteiger partial charge >= 0.3 is 0 Å². The molecule has 0 atom stereocenters. The van der Waals surface area contributed by atoms with Crippen molar-refractivity contribution >= 4 is 16.6 Å². The van der Waals surface area contributed by atoms with Crippen molar-refractivity contribution < 1.29 is 4.79 Å². The summed E-state index contributed by atoms with van der Waals surface area (Å²) in [5, 5.41) is 2.49. The summed E-state index contributed by atoms with van der Waals surface area (Å²) >= 11 is 0. The molecule has 1 aliphatic rings. The normalized spacial score (nSPS) is 15.3. The molecule has 0 unspecified atom stereocenters. The number of fused-ring (bicyclic) bond motifs is 3. The largest absolute Gasteiger partial charge is 0.294 e. The Morgan fingerprint density at radius 1 is 0.933 bits per heavy atom. The lowest BCUT2D eigenvalue weighted by Crippen LogP contribution is -2.10. The Morgan fingerprint density at radius 3 is 2.73 bits per heavy atom. The maximum absolute atomic E-state index is 11.7. The number of carbonyl (C=O) groups excluding carboxylic acids is 1. The van der Waals surface area contributed by atoms with Gasteiger partial charge in [-0.25, -0.2) is 0 Å². The monoisotopic (exact) mass is 196 g/mol. The second-order valence-corrected chi connectivity index (χ2v) is 4.09. The van der Waals surface area contributed by atoms with Crippen molar-refractivity contribution in [1.82, 2.24) is 0 Å².